The summed E-state index contributed by atoms with van der Waals surface area (Å²) in [6.45, 7) is 5.07. The molecule has 0 bridgehead atoms. The Labute approximate surface area is 118 Å². The average molecular weight is 276 g/mol. The predicted molar refractivity (Wildman–Crippen MR) is 81.5 cm³/mol. The second-order valence-electron chi connectivity index (χ2n) is 5.11. The normalized spacial score (nSPS) is 22.7. The lowest BCUT2D eigenvalue weighted by Gasteiger charge is -2.35. The summed E-state index contributed by atoms with van der Waals surface area (Å²) >= 11 is 2.04. The van der Waals surface area contributed by atoms with Crippen LogP contribution in [0, 0.1) is 0 Å². The first-order valence-electron chi connectivity index (χ1n) is 6.82. The standard InChI is InChI=1S/C15H20N2OS/c1-11-10-17(6-7-19-11)13(9-16)15-8-12-4-2-3-5-14(12)18-15/h2-5,8,11,13H,6-7,9-10,16H2,1H3. The zero-order valence-corrected chi connectivity index (χ0v) is 12.0. The monoisotopic (exact) mass is 276 g/mol. The second-order valence-corrected chi connectivity index (χ2v) is 6.66. The molecule has 2 atom stereocenters. The highest BCUT2D eigenvalue weighted by Gasteiger charge is 2.26. The number of nitrogens with two attached hydrogens (primary N) is 1. The molecule has 2 aromatic rings. The van der Waals surface area contributed by atoms with Crippen molar-refractivity contribution >= 4 is 22.7 Å². The van der Waals surface area contributed by atoms with Gasteiger partial charge in [0.1, 0.15) is 11.3 Å². The second kappa shape index (κ2) is 5.57. The van der Waals surface area contributed by atoms with Crippen LogP contribution < -0.4 is 5.73 Å². The van der Waals surface area contributed by atoms with Gasteiger partial charge in [-0.1, -0.05) is 25.1 Å². The van der Waals surface area contributed by atoms with Gasteiger partial charge in [0.25, 0.3) is 0 Å². The number of fused-ring (bicyclic) bond motifs is 1. The Bertz CT molecular complexity index is 521. The molecule has 3 nitrogen and oxygen atoms in total. The SMILES string of the molecule is CC1CN(C(CN)c2cc3ccccc3o2)CCS1. The molecule has 0 amide bonds. The van der Waals surface area contributed by atoms with Gasteiger partial charge in [-0.05, 0) is 12.1 Å². The topological polar surface area (TPSA) is 42.4 Å². The van der Waals surface area contributed by atoms with Gasteiger partial charge in [-0.15, -0.1) is 0 Å². The lowest BCUT2D eigenvalue weighted by Crippen LogP contribution is -2.41. The number of benzene rings is 1. The summed E-state index contributed by atoms with van der Waals surface area (Å²) in [5.41, 5.74) is 6.95. The molecule has 3 rings (SSSR count). The van der Waals surface area contributed by atoms with E-state index in [4.69, 9.17) is 10.2 Å². The highest BCUT2D eigenvalue weighted by Crippen LogP contribution is 2.30. The van der Waals surface area contributed by atoms with E-state index in [1.807, 2.05) is 30.0 Å². The Morgan fingerprint density at radius 3 is 3.05 bits per heavy atom. The summed E-state index contributed by atoms with van der Waals surface area (Å²) in [5, 5.41) is 1.84. The number of furan rings is 1. The van der Waals surface area contributed by atoms with Crippen LogP contribution in [-0.2, 0) is 0 Å². The quantitative estimate of drug-likeness (QED) is 0.936. The highest BCUT2D eigenvalue weighted by molar-refractivity contribution is 7.99. The Morgan fingerprint density at radius 2 is 2.32 bits per heavy atom. The molecule has 2 N–H and O–H groups in total. The van der Waals surface area contributed by atoms with Crippen LogP contribution >= 0.6 is 11.8 Å². The molecule has 1 aliphatic heterocycles. The molecule has 0 saturated carbocycles. The molecule has 1 saturated heterocycles. The minimum Gasteiger partial charge on any atom is -0.459 e. The molecule has 2 heterocycles. The molecule has 2 unspecified atom stereocenters. The van der Waals surface area contributed by atoms with Crippen molar-refractivity contribution in [3.05, 3.63) is 36.1 Å². The number of hydrogen-bond acceptors (Lipinski definition) is 4. The molecule has 0 aliphatic carbocycles. The fourth-order valence-electron chi connectivity index (χ4n) is 2.74. The van der Waals surface area contributed by atoms with Crippen LogP contribution in [0.25, 0.3) is 11.0 Å². The maximum atomic E-state index is 5.99. The van der Waals surface area contributed by atoms with Gasteiger partial charge in [-0.25, -0.2) is 0 Å². The van der Waals surface area contributed by atoms with Crippen molar-refractivity contribution in [3.8, 4) is 0 Å². The lowest BCUT2D eigenvalue weighted by atomic mass is 10.1. The highest BCUT2D eigenvalue weighted by atomic mass is 32.2. The van der Waals surface area contributed by atoms with Crippen molar-refractivity contribution in [2.45, 2.75) is 18.2 Å². The summed E-state index contributed by atoms with van der Waals surface area (Å²) in [6.07, 6.45) is 0. The minimum atomic E-state index is 0.204. The molecule has 1 aromatic carbocycles. The van der Waals surface area contributed by atoms with E-state index in [9.17, 15) is 0 Å². The number of nitrogens with zero attached hydrogens (tertiary/aromatic N) is 1. The van der Waals surface area contributed by atoms with E-state index in [-0.39, 0.29) is 6.04 Å². The van der Waals surface area contributed by atoms with Crippen molar-refractivity contribution in [2.24, 2.45) is 5.73 Å². The van der Waals surface area contributed by atoms with Crippen molar-refractivity contribution in [3.63, 3.8) is 0 Å². The fourth-order valence-corrected chi connectivity index (χ4v) is 3.78. The van der Waals surface area contributed by atoms with E-state index in [0.29, 0.717) is 11.8 Å². The van der Waals surface area contributed by atoms with E-state index in [0.717, 1.165) is 29.8 Å². The molecule has 0 radical (unpaired) electrons. The Balaban J connectivity index is 1.88. The third-order valence-corrected chi connectivity index (χ3v) is 4.85. The van der Waals surface area contributed by atoms with Crippen LogP contribution in [0.3, 0.4) is 0 Å². The maximum Gasteiger partial charge on any atom is 0.134 e. The van der Waals surface area contributed by atoms with Crippen LogP contribution in [0.2, 0.25) is 0 Å². The van der Waals surface area contributed by atoms with Gasteiger partial charge in [0.15, 0.2) is 0 Å². The van der Waals surface area contributed by atoms with Crippen LogP contribution in [0.15, 0.2) is 34.7 Å². The summed E-state index contributed by atoms with van der Waals surface area (Å²) in [5.74, 6) is 2.18. The van der Waals surface area contributed by atoms with Gasteiger partial charge < -0.3 is 10.2 Å². The first-order valence-corrected chi connectivity index (χ1v) is 7.87. The number of rotatable bonds is 3. The van der Waals surface area contributed by atoms with Crippen molar-refractivity contribution in [1.29, 1.82) is 0 Å². The molecule has 1 aliphatic rings. The van der Waals surface area contributed by atoms with E-state index in [1.165, 1.54) is 5.75 Å². The molecule has 4 heteroatoms. The van der Waals surface area contributed by atoms with Gasteiger partial charge in [0.2, 0.25) is 0 Å². The molecule has 1 fully saturated rings. The van der Waals surface area contributed by atoms with E-state index in [1.54, 1.807) is 0 Å². The molecule has 1 aromatic heterocycles. The van der Waals surface area contributed by atoms with Gasteiger partial charge in [0.05, 0.1) is 6.04 Å². The average Bonchev–Trinajstić information content (AvgIpc) is 2.83. The lowest BCUT2D eigenvalue weighted by molar-refractivity contribution is 0.189. The first-order chi connectivity index (χ1) is 9.28. The zero-order valence-electron chi connectivity index (χ0n) is 11.2. The van der Waals surface area contributed by atoms with E-state index < -0.39 is 0 Å². The van der Waals surface area contributed by atoms with Crippen molar-refractivity contribution in [1.82, 2.24) is 4.90 Å². The smallest absolute Gasteiger partial charge is 0.134 e. The first kappa shape index (κ1) is 13.0. The summed E-state index contributed by atoms with van der Waals surface area (Å²) in [4.78, 5) is 2.46. The van der Waals surface area contributed by atoms with Gasteiger partial charge in [-0.2, -0.15) is 11.8 Å². The molecule has 0 spiro atoms. The Kier molecular flexibility index (Phi) is 3.82. The summed E-state index contributed by atoms with van der Waals surface area (Å²) in [6, 6.07) is 10.5. The number of para-hydroxylation sites is 1. The molecule has 102 valence electrons. The van der Waals surface area contributed by atoms with Crippen LogP contribution in [0.4, 0.5) is 0 Å². The maximum absolute atomic E-state index is 5.99. The van der Waals surface area contributed by atoms with E-state index >= 15 is 0 Å². The van der Waals surface area contributed by atoms with Gasteiger partial charge in [0, 0.05) is 36.0 Å². The van der Waals surface area contributed by atoms with Gasteiger partial charge in [-0.3, -0.25) is 4.90 Å². The Morgan fingerprint density at radius 1 is 1.47 bits per heavy atom. The third-order valence-electron chi connectivity index (χ3n) is 3.71. The minimum absolute atomic E-state index is 0.204. The van der Waals surface area contributed by atoms with Crippen LogP contribution in [0.5, 0.6) is 0 Å². The van der Waals surface area contributed by atoms with Gasteiger partial charge >= 0.3 is 0 Å². The summed E-state index contributed by atoms with van der Waals surface area (Å²) < 4.78 is 5.98. The number of thioether (sulfide) groups is 1. The molecular formula is C15H20N2OS. The van der Waals surface area contributed by atoms with Crippen LogP contribution in [-0.4, -0.2) is 35.5 Å². The Hall–Kier alpha value is -0.970. The van der Waals surface area contributed by atoms with Crippen molar-refractivity contribution < 1.29 is 4.42 Å². The van der Waals surface area contributed by atoms with Crippen LogP contribution in [0.1, 0.15) is 18.7 Å². The van der Waals surface area contributed by atoms with E-state index in [2.05, 4.69) is 24.0 Å². The summed E-state index contributed by atoms with van der Waals surface area (Å²) in [7, 11) is 0. The van der Waals surface area contributed by atoms with Crippen molar-refractivity contribution in [2.75, 3.05) is 25.4 Å². The molecule has 19 heavy (non-hydrogen) atoms. The predicted octanol–water partition coefficient (Wildman–Crippen LogP) is 2.87. The third kappa shape index (κ3) is 2.66. The fraction of sp³-hybridized carbons (Fsp3) is 0.467. The largest absolute Gasteiger partial charge is 0.459 e. The number of hydrogen-bond donors (Lipinski definition) is 1. The molecular weight excluding hydrogens is 256 g/mol. The zero-order chi connectivity index (χ0) is 13.2.